The van der Waals surface area contributed by atoms with Crippen molar-refractivity contribution in [2.75, 3.05) is 11.8 Å². The summed E-state index contributed by atoms with van der Waals surface area (Å²) in [6, 6.07) is 12.3. The topological polar surface area (TPSA) is 117 Å². The lowest BCUT2D eigenvalue weighted by Gasteiger charge is -2.07. The third-order valence-corrected chi connectivity index (χ3v) is 7.19. The minimum Gasteiger partial charge on any atom is -0.503 e. The van der Waals surface area contributed by atoms with Gasteiger partial charge in [-0.15, -0.1) is 11.3 Å². The molecule has 3 rings (SSSR count). The van der Waals surface area contributed by atoms with E-state index < -0.39 is 15.9 Å². The van der Waals surface area contributed by atoms with Gasteiger partial charge in [-0.25, -0.2) is 13.8 Å². The summed E-state index contributed by atoms with van der Waals surface area (Å²) >= 11 is 4.32. The molecular formula is C19H16BrN3O5S2. The van der Waals surface area contributed by atoms with Crippen LogP contribution >= 0.6 is 27.3 Å². The number of hydrazone groups is 1. The molecule has 11 heteroatoms. The number of aromatic hydroxyl groups is 1. The van der Waals surface area contributed by atoms with Crippen LogP contribution in [-0.4, -0.2) is 32.8 Å². The van der Waals surface area contributed by atoms with E-state index in [1.807, 2.05) is 0 Å². The number of halogens is 1. The molecule has 0 atom stereocenters. The maximum Gasteiger partial charge on any atom is 0.271 e. The number of phenolic OH excluding ortho intramolecular Hbond substituents is 1. The summed E-state index contributed by atoms with van der Waals surface area (Å²) in [5.41, 5.74) is 3.62. The number of sulfonamides is 1. The van der Waals surface area contributed by atoms with Crippen molar-refractivity contribution in [3.8, 4) is 11.5 Å². The Morgan fingerprint density at radius 3 is 2.60 bits per heavy atom. The van der Waals surface area contributed by atoms with E-state index in [1.54, 1.807) is 23.6 Å². The number of hydrogen-bond acceptors (Lipinski definition) is 7. The van der Waals surface area contributed by atoms with Gasteiger partial charge in [0.2, 0.25) is 0 Å². The number of methoxy groups -OCH3 is 1. The lowest BCUT2D eigenvalue weighted by molar-refractivity contribution is 0.0955. The molecule has 0 bridgehead atoms. The Balaban J connectivity index is 1.64. The molecule has 1 amide bonds. The predicted octanol–water partition coefficient (Wildman–Crippen LogP) is 3.79. The highest BCUT2D eigenvalue weighted by molar-refractivity contribution is 9.10. The molecule has 1 aromatic heterocycles. The van der Waals surface area contributed by atoms with Gasteiger partial charge in [0.15, 0.2) is 11.5 Å². The molecule has 0 saturated heterocycles. The van der Waals surface area contributed by atoms with E-state index >= 15 is 0 Å². The van der Waals surface area contributed by atoms with Crippen LogP contribution in [0.5, 0.6) is 11.5 Å². The van der Waals surface area contributed by atoms with E-state index in [2.05, 4.69) is 31.2 Å². The molecule has 0 spiro atoms. The van der Waals surface area contributed by atoms with Crippen LogP contribution in [0, 0.1) is 0 Å². The molecule has 8 nitrogen and oxygen atoms in total. The molecule has 1 heterocycles. The number of phenols is 1. The fourth-order valence-electron chi connectivity index (χ4n) is 2.37. The molecule has 0 aliphatic rings. The van der Waals surface area contributed by atoms with E-state index in [0.717, 1.165) is 11.3 Å². The van der Waals surface area contributed by atoms with Gasteiger partial charge in [-0.3, -0.25) is 9.52 Å². The van der Waals surface area contributed by atoms with Crippen LogP contribution in [0.4, 0.5) is 5.69 Å². The average molecular weight is 510 g/mol. The number of ether oxygens (including phenoxy) is 1. The second kappa shape index (κ2) is 9.28. The first kappa shape index (κ1) is 21.8. The van der Waals surface area contributed by atoms with Crippen molar-refractivity contribution in [3.05, 3.63) is 69.5 Å². The fraction of sp³-hybridized carbons (Fsp3) is 0.0526. The molecule has 0 saturated carbocycles. The summed E-state index contributed by atoms with van der Waals surface area (Å²) in [4.78, 5) is 12.2. The SMILES string of the molecule is COc1cc(/C=N/NC(=O)c2ccc(NS(=O)(=O)c3cccs3)cc2)cc(Br)c1O. The molecular weight excluding hydrogens is 494 g/mol. The van der Waals surface area contributed by atoms with Crippen LogP contribution in [0.25, 0.3) is 0 Å². The summed E-state index contributed by atoms with van der Waals surface area (Å²) in [5.74, 6) is -0.241. The van der Waals surface area contributed by atoms with E-state index in [-0.39, 0.29) is 15.7 Å². The van der Waals surface area contributed by atoms with Crippen molar-refractivity contribution < 1.29 is 23.1 Å². The largest absolute Gasteiger partial charge is 0.503 e. The van der Waals surface area contributed by atoms with Gasteiger partial charge in [0.25, 0.3) is 15.9 Å². The van der Waals surface area contributed by atoms with Gasteiger partial charge in [-0.2, -0.15) is 5.10 Å². The number of carbonyl (C=O) groups is 1. The Bertz CT molecular complexity index is 1180. The molecule has 3 N–H and O–H groups in total. The molecule has 0 unspecified atom stereocenters. The Morgan fingerprint density at radius 1 is 1.23 bits per heavy atom. The van der Waals surface area contributed by atoms with Gasteiger partial charge in [0, 0.05) is 11.3 Å². The molecule has 156 valence electrons. The molecule has 0 aliphatic carbocycles. The molecule has 0 radical (unpaired) electrons. The van der Waals surface area contributed by atoms with Crippen molar-refractivity contribution in [2.45, 2.75) is 4.21 Å². The normalized spacial score (nSPS) is 11.4. The molecule has 30 heavy (non-hydrogen) atoms. The van der Waals surface area contributed by atoms with Gasteiger partial charge >= 0.3 is 0 Å². The van der Waals surface area contributed by atoms with E-state index in [4.69, 9.17) is 4.74 Å². The fourth-order valence-corrected chi connectivity index (χ4v) is 4.88. The van der Waals surface area contributed by atoms with Gasteiger partial charge < -0.3 is 9.84 Å². The van der Waals surface area contributed by atoms with Crippen LogP contribution in [0.3, 0.4) is 0 Å². The molecule has 0 aliphatic heterocycles. The van der Waals surface area contributed by atoms with Crippen LogP contribution in [0.15, 0.2) is 67.7 Å². The van der Waals surface area contributed by atoms with Crippen LogP contribution in [-0.2, 0) is 10.0 Å². The number of anilines is 1. The highest BCUT2D eigenvalue weighted by Gasteiger charge is 2.15. The summed E-state index contributed by atoms with van der Waals surface area (Å²) in [6.45, 7) is 0. The summed E-state index contributed by atoms with van der Waals surface area (Å²) in [6.07, 6.45) is 1.40. The lowest BCUT2D eigenvalue weighted by atomic mass is 10.2. The maximum absolute atomic E-state index is 12.2. The number of rotatable bonds is 7. The molecule has 2 aromatic carbocycles. The monoisotopic (exact) mass is 509 g/mol. The Morgan fingerprint density at radius 2 is 1.97 bits per heavy atom. The number of thiophene rings is 1. The zero-order chi connectivity index (χ0) is 21.7. The standard InChI is InChI=1S/C19H16BrN3O5S2/c1-28-16-10-12(9-15(20)18(16)24)11-21-22-19(25)13-4-6-14(7-5-13)23-30(26,27)17-3-2-8-29-17/h2-11,23-24H,1H3,(H,22,25)/b21-11+. The minimum absolute atomic E-state index is 0.0338. The smallest absolute Gasteiger partial charge is 0.271 e. The highest BCUT2D eigenvalue weighted by Crippen LogP contribution is 2.34. The average Bonchev–Trinajstić information content (AvgIpc) is 3.26. The molecule has 3 aromatic rings. The number of benzene rings is 2. The van der Waals surface area contributed by atoms with Crippen LogP contribution in [0.1, 0.15) is 15.9 Å². The second-order valence-corrected chi connectivity index (χ2v) is 9.58. The lowest BCUT2D eigenvalue weighted by Crippen LogP contribution is -2.17. The third-order valence-electron chi connectivity index (χ3n) is 3.81. The Hall–Kier alpha value is -2.89. The van der Waals surface area contributed by atoms with Crippen LogP contribution in [0.2, 0.25) is 0 Å². The first-order valence-corrected chi connectivity index (χ1v) is 11.5. The van der Waals surface area contributed by atoms with Gasteiger partial charge in [-0.05, 0) is 69.3 Å². The third kappa shape index (κ3) is 5.17. The quantitative estimate of drug-likeness (QED) is 0.330. The number of carbonyl (C=O) groups excluding carboxylic acids is 1. The summed E-state index contributed by atoms with van der Waals surface area (Å²) in [7, 11) is -2.22. The van der Waals surface area contributed by atoms with Gasteiger partial charge in [0.05, 0.1) is 17.8 Å². The van der Waals surface area contributed by atoms with Gasteiger partial charge in [-0.1, -0.05) is 6.07 Å². The van der Waals surface area contributed by atoms with Crippen molar-refractivity contribution >= 4 is 55.1 Å². The Kier molecular flexibility index (Phi) is 6.75. The van der Waals surface area contributed by atoms with Crippen molar-refractivity contribution in [1.29, 1.82) is 0 Å². The predicted molar refractivity (Wildman–Crippen MR) is 119 cm³/mol. The summed E-state index contributed by atoms with van der Waals surface area (Å²) in [5, 5.41) is 15.4. The number of hydrogen-bond donors (Lipinski definition) is 3. The maximum atomic E-state index is 12.2. The van der Waals surface area contributed by atoms with Crippen molar-refractivity contribution in [3.63, 3.8) is 0 Å². The number of amides is 1. The first-order valence-electron chi connectivity index (χ1n) is 8.36. The Labute approximate surface area is 185 Å². The molecule has 0 fully saturated rings. The number of nitrogens with zero attached hydrogens (tertiary/aromatic N) is 1. The van der Waals surface area contributed by atoms with Gasteiger partial charge in [0.1, 0.15) is 4.21 Å². The second-order valence-electron chi connectivity index (χ2n) is 5.87. The zero-order valence-corrected chi connectivity index (χ0v) is 18.7. The highest BCUT2D eigenvalue weighted by atomic mass is 79.9. The van der Waals surface area contributed by atoms with Crippen molar-refractivity contribution in [2.24, 2.45) is 5.10 Å². The van der Waals surface area contributed by atoms with E-state index in [0.29, 0.717) is 21.3 Å². The number of nitrogens with one attached hydrogen (secondary N) is 2. The minimum atomic E-state index is -3.65. The zero-order valence-electron chi connectivity index (χ0n) is 15.5. The summed E-state index contributed by atoms with van der Waals surface area (Å²) < 4.78 is 32.6. The van der Waals surface area contributed by atoms with Crippen LogP contribution < -0.4 is 14.9 Å². The van der Waals surface area contributed by atoms with Crippen molar-refractivity contribution in [1.82, 2.24) is 5.43 Å². The van der Waals surface area contributed by atoms with E-state index in [1.165, 1.54) is 43.7 Å². The van der Waals surface area contributed by atoms with E-state index in [9.17, 15) is 18.3 Å². The first-order chi connectivity index (χ1) is 14.3.